The predicted octanol–water partition coefficient (Wildman–Crippen LogP) is 0.975. The van der Waals surface area contributed by atoms with Gasteiger partial charge in [0.2, 0.25) is 0 Å². The monoisotopic (exact) mass is 192 g/mol. The Bertz CT molecular complexity index is 104. The smallest absolute Gasteiger partial charge is 0.308 e. The zero-order valence-corrected chi connectivity index (χ0v) is 8.71. The Labute approximate surface area is 79.8 Å². The van der Waals surface area contributed by atoms with Gasteiger partial charge in [-0.15, -0.1) is 0 Å². The molecule has 0 aromatic heterocycles. The van der Waals surface area contributed by atoms with Crippen molar-refractivity contribution in [1.29, 1.82) is 0 Å². The minimum Gasteiger partial charge on any atom is -0.466 e. The minimum absolute atomic E-state index is 0.184. The Morgan fingerprint density at radius 1 is 1.23 bits per heavy atom. The lowest BCUT2D eigenvalue weighted by Gasteiger charge is -2.00. The molecule has 0 amide bonds. The summed E-state index contributed by atoms with van der Waals surface area (Å²) in [4.78, 5) is 10.6. The van der Waals surface area contributed by atoms with E-state index < -0.39 is 0 Å². The fourth-order valence-electron chi connectivity index (χ4n) is 0.533. The van der Waals surface area contributed by atoms with E-state index in [0.29, 0.717) is 26.2 Å². The molecule has 13 heavy (non-hydrogen) atoms. The van der Waals surface area contributed by atoms with E-state index in [2.05, 4.69) is 4.74 Å². The molecule has 4 nitrogen and oxygen atoms in total. The fraction of sp³-hybridized carbons (Fsp3) is 0.889. The summed E-state index contributed by atoms with van der Waals surface area (Å²) < 4.78 is 9.62. The zero-order chi connectivity index (χ0) is 10.5. The molecule has 0 unspecified atom stereocenters. The molecular weight excluding hydrogens is 172 g/mol. The SMILES string of the molecule is CCO.CCOCCC(=O)OCC. The van der Waals surface area contributed by atoms with E-state index in [4.69, 9.17) is 9.84 Å². The molecule has 0 aromatic carbocycles. The van der Waals surface area contributed by atoms with Crippen molar-refractivity contribution in [1.82, 2.24) is 0 Å². The first-order valence-corrected chi connectivity index (χ1v) is 4.57. The van der Waals surface area contributed by atoms with E-state index in [9.17, 15) is 4.79 Å². The van der Waals surface area contributed by atoms with Gasteiger partial charge < -0.3 is 14.6 Å². The summed E-state index contributed by atoms with van der Waals surface area (Å²) in [5.41, 5.74) is 0. The Kier molecular flexibility index (Phi) is 16.0. The highest BCUT2D eigenvalue weighted by atomic mass is 16.5. The van der Waals surface area contributed by atoms with Gasteiger partial charge in [0.25, 0.3) is 0 Å². The summed E-state index contributed by atoms with van der Waals surface area (Å²) >= 11 is 0. The van der Waals surface area contributed by atoms with Gasteiger partial charge in [-0.25, -0.2) is 0 Å². The minimum atomic E-state index is -0.184. The van der Waals surface area contributed by atoms with Crippen LogP contribution in [0.15, 0.2) is 0 Å². The maximum Gasteiger partial charge on any atom is 0.308 e. The summed E-state index contributed by atoms with van der Waals surface area (Å²) in [6.07, 6.45) is 0.363. The molecule has 0 aliphatic heterocycles. The molecule has 4 heteroatoms. The van der Waals surface area contributed by atoms with Crippen LogP contribution in [0.4, 0.5) is 0 Å². The van der Waals surface area contributed by atoms with Crippen LogP contribution in [0.1, 0.15) is 27.2 Å². The van der Waals surface area contributed by atoms with E-state index in [1.165, 1.54) is 0 Å². The van der Waals surface area contributed by atoms with Gasteiger partial charge >= 0.3 is 5.97 Å². The average molecular weight is 192 g/mol. The molecular formula is C9H20O4. The molecule has 0 radical (unpaired) electrons. The highest BCUT2D eigenvalue weighted by Gasteiger charge is 1.98. The Morgan fingerprint density at radius 2 is 1.77 bits per heavy atom. The number of hydrogen-bond donors (Lipinski definition) is 1. The lowest BCUT2D eigenvalue weighted by Crippen LogP contribution is -2.07. The molecule has 0 aliphatic carbocycles. The number of carbonyl (C=O) groups excluding carboxylic acids is 1. The summed E-state index contributed by atoms with van der Waals surface area (Å²) in [7, 11) is 0. The van der Waals surface area contributed by atoms with Crippen LogP contribution in [0.25, 0.3) is 0 Å². The van der Waals surface area contributed by atoms with Crippen LogP contribution in [-0.2, 0) is 14.3 Å². The van der Waals surface area contributed by atoms with Gasteiger partial charge in [0, 0.05) is 13.2 Å². The van der Waals surface area contributed by atoms with Gasteiger partial charge in [0.15, 0.2) is 0 Å². The molecule has 0 spiro atoms. The predicted molar refractivity (Wildman–Crippen MR) is 50.5 cm³/mol. The van der Waals surface area contributed by atoms with Crippen molar-refractivity contribution in [3.63, 3.8) is 0 Å². The van der Waals surface area contributed by atoms with Crippen molar-refractivity contribution in [3.8, 4) is 0 Å². The van der Waals surface area contributed by atoms with Gasteiger partial charge in [0.05, 0.1) is 19.6 Å². The quantitative estimate of drug-likeness (QED) is 0.521. The van der Waals surface area contributed by atoms with Crippen LogP contribution in [0.2, 0.25) is 0 Å². The topological polar surface area (TPSA) is 55.8 Å². The van der Waals surface area contributed by atoms with Crippen LogP contribution in [0.3, 0.4) is 0 Å². The van der Waals surface area contributed by atoms with Crippen molar-refractivity contribution >= 4 is 5.97 Å². The van der Waals surface area contributed by atoms with Gasteiger partial charge in [-0.2, -0.15) is 0 Å². The van der Waals surface area contributed by atoms with E-state index >= 15 is 0 Å². The molecule has 0 atom stereocenters. The second-order valence-electron chi connectivity index (χ2n) is 2.07. The van der Waals surface area contributed by atoms with Crippen LogP contribution in [0, 0.1) is 0 Å². The van der Waals surface area contributed by atoms with Gasteiger partial charge in [-0.3, -0.25) is 4.79 Å². The lowest BCUT2D eigenvalue weighted by molar-refractivity contribution is -0.144. The maximum atomic E-state index is 10.6. The first-order valence-electron chi connectivity index (χ1n) is 4.57. The van der Waals surface area contributed by atoms with Crippen molar-refractivity contribution in [3.05, 3.63) is 0 Å². The second kappa shape index (κ2) is 13.9. The number of ether oxygens (including phenoxy) is 2. The highest BCUT2D eigenvalue weighted by molar-refractivity contribution is 5.69. The maximum absolute atomic E-state index is 10.6. The summed E-state index contributed by atoms with van der Waals surface area (Å²) in [6, 6.07) is 0. The Hall–Kier alpha value is -0.610. The molecule has 0 aromatic rings. The van der Waals surface area contributed by atoms with Gasteiger partial charge in [0.1, 0.15) is 0 Å². The molecule has 0 saturated carbocycles. The number of hydrogen-bond acceptors (Lipinski definition) is 4. The van der Waals surface area contributed by atoms with E-state index in [1.807, 2.05) is 6.92 Å². The van der Waals surface area contributed by atoms with Crippen LogP contribution in [-0.4, -0.2) is 37.5 Å². The average Bonchev–Trinajstić information content (AvgIpc) is 2.07. The van der Waals surface area contributed by atoms with Crippen molar-refractivity contribution in [2.75, 3.05) is 26.4 Å². The molecule has 80 valence electrons. The Balaban J connectivity index is 0. The number of rotatable bonds is 5. The summed E-state index contributed by atoms with van der Waals surface area (Å²) in [6.45, 7) is 7.18. The first kappa shape index (κ1) is 14.9. The van der Waals surface area contributed by atoms with Crippen molar-refractivity contribution in [2.24, 2.45) is 0 Å². The van der Waals surface area contributed by atoms with Gasteiger partial charge in [-0.05, 0) is 20.8 Å². The molecule has 0 bridgehead atoms. The normalized spacial score (nSPS) is 8.62. The van der Waals surface area contributed by atoms with E-state index in [-0.39, 0.29) is 12.6 Å². The fourth-order valence-corrected chi connectivity index (χ4v) is 0.533. The molecule has 0 saturated heterocycles. The number of esters is 1. The third kappa shape index (κ3) is 18.4. The second-order valence-corrected chi connectivity index (χ2v) is 2.07. The molecule has 0 rings (SSSR count). The number of aliphatic hydroxyl groups excluding tert-OH is 1. The standard InChI is InChI=1S/C7H14O3.C2H6O/c1-3-9-6-5-7(8)10-4-2;1-2-3/h3-6H2,1-2H3;3H,2H2,1H3. The molecule has 0 fully saturated rings. The Morgan fingerprint density at radius 3 is 2.15 bits per heavy atom. The molecule has 0 aliphatic rings. The van der Waals surface area contributed by atoms with Crippen molar-refractivity contribution in [2.45, 2.75) is 27.2 Å². The largest absolute Gasteiger partial charge is 0.466 e. The van der Waals surface area contributed by atoms with E-state index in [0.717, 1.165) is 0 Å². The third-order valence-corrected chi connectivity index (χ3v) is 0.960. The summed E-state index contributed by atoms with van der Waals surface area (Å²) in [5, 5.41) is 7.57. The number of aliphatic hydroxyl groups is 1. The van der Waals surface area contributed by atoms with Crippen molar-refractivity contribution < 1.29 is 19.4 Å². The highest BCUT2D eigenvalue weighted by Crippen LogP contribution is 1.86. The number of carbonyl (C=O) groups is 1. The third-order valence-electron chi connectivity index (χ3n) is 0.960. The summed E-state index contributed by atoms with van der Waals surface area (Å²) in [5.74, 6) is -0.184. The lowest BCUT2D eigenvalue weighted by atomic mass is 10.5. The first-order chi connectivity index (χ1) is 6.22. The van der Waals surface area contributed by atoms with Crippen LogP contribution >= 0.6 is 0 Å². The van der Waals surface area contributed by atoms with E-state index in [1.54, 1.807) is 13.8 Å². The van der Waals surface area contributed by atoms with Gasteiger partial charge in [-0.1, -0.05) is 0 Å². The molecule has 0 heterocycles. The van der Waals surface area contributed by atoms with Crippen LogP contribution in [0.5, 0.6) is 0 Å². The van der Waals surface area contributed by atoms with Crippen LogP contribution < -0.4 is 0 Å². The zero-order valence-electron chi connectivity index (χ0n) is 8.71. The molecule has 1 N–H and O–H groups in total.